The van der Waals surface area contributed by atoms with Crippen molar-refractivity contribution in [2.45, 2.75) is 72.0 Å². The van der Waals surface area contributed by atoms with Crippen molar-refractivity contribution in [2.75, 3.05) is 19.6 Å². The van der Waals surface area contributed by atoms with Crippen LogP contribution < -0.4 is 0 Å². The van der Waals surface area contributed by atoms with Gasteiger partial charge in [0.15, 0.2) is 0 Å². The molecule has 0 amide bonds. The van der Waals surface area contributed by atoms with Gasteiger partial charge in [0.2, 0.25) is 0 Å². The molecule has 0 spiro atoms. The molecule has 0 aromatic heterocycles. The normalized spacial score (nSPS) is 25.0. The Balaban J connectivity index is 1.70. The van der Waals surface area contributed by atoms with Gasteiger partial charge in [0.1, 0.15) is 0 Å². The quantitative estimate of drug-likeness (QED) is 0.715. The highest BCUT2D eigenvalue weighted by Gasteiger charge is 2.44. The molecule has 2 aliphatic rings. The number of nitrogens with zero attached hydrogens (tertiary/aromatic N) is 1. The molecule has 2 rings (SSSR count). The fourth-order valence-corrected chi connectivity index (χ4v) is 3.53. The molecule has 2 heteroatoms. The van der Waals surface area contributed by atoms with Crippen LogP contribution in [0.25, 0.3) is 0 Å². The summed E-state index contributed by atoms with van der Waals surface area (Å²) in [7, 11) is 0. The van der Waals surface area contributed by atoms with E-state index < -0.39 is 0 Å². The zero-order valence-electron chi connectivity index (χ0n) is 12.7. The predicted molar refractivity (Wildman–Crippen MR) is 76.8 cm³/mol. The third kappa shape index (κ3) is 4.24. The first-order valence-corrected chi connectivity index (χ1v) is 7.87. The average molecular weight is 253 g/mol. The van der Waals surface area contributed by atoms with Crippen LogP contribution in [0.15, 0.2) is 0 Å². The van der Waals surface area contributed by atoms with E-state index in [-0.39, 0.29) is 0 Å². The molecule has 0 radical (unpaired) electrons. The summed E-state index contributed by atoms with van der Waals surface area (Å²) in [6.45, 7) is 12.9. The Morgan fingerprint density at radius 3 is 2.17 bits per heavy atom. The second kappa shape index (κ2) is 5.92. The van der Waals surface area contributed by atoms with Gasteiger partial charge in [-0.15, -0.1) is 0 Å². The average Bonchev–Trinajstić information content (AvgIpc) is 2.99. The SMILES string of the molecule is CC(C)CC1(CN2CCC(OC(C)C)CC2)CC1. The second-order valence-corrected chi connectivity index (χ2v) is 7.26. The first-order valence-electron chi connectivity index (χ1n) is 7.87. The maximum atomic E-state index is 5.92. The fraction of sp³-hybridized carbons (Fsp3) is 1.00. The van der Waals surface area contributed by atoms with Crippen molar-refractivity contribution in [1.29, 1.82) is 0 Å². The Bertz CT molecular complexity index is 250. The van der Waals surface area contributed by atoms with Crippen LogP contribution in [0.5, 0.6) is 0 Å². The minimum absolute atomic E-state index is 0.386. The molecule has 0 bridgehead atoms. The molecule has 2 nitrogen and oxygen atoms in total. The molecular weight excluding hydrogens is 222 g/mol. The van der Waals surface area contributed by atoms with Gasteiger partial charge in [-0.3, -0.25) is 0 Å². The van der Waals surface area contributed by atoms with Gasteiger partial charge in [-0.2, -0.15) is 0 Å². The van der Waals surface area contributed by atoms with Crippen LogP contribution in [0.2, 0.25) is 0 Å². The van der Waals surface area contributed by atoms with Gasteiger partial charge in [-0.1, -0.05) is 13.8 Å². The van der Waals surface area contributed by atoms with Gasteiger partial charge in [0.05, 0.1) is 12.2 Å². The molecular formula is C16H31NO. The summed E-state index contributed by atoms with van der Waals surface area (Å²) in [5, 5.41) is 0. The lowest BCUT2D eigenvalue weighted by molar-refractivity contribution is -0.0297. The number of rotatable bonds is 6. The van der Waals surface area contributed by atoms with Crippen LogP contribution in [0.3, 0.4) is 0 Å². The van der Waals surface area contributed by atoms with Crippen LogP contribution in [0.4, 0.5) is 0 Å². The van der Waals surface area contributed by atoms with Crippen molar-refractivity contribution >= 4 is 0 Å². The van der Waals surface area contributed by atoms with Crippen LogP contribution in [0, 0.1) is 11.3 Å². The zero-order chi connectivity index (χ0) is 13.2. The lowest BCUT2D eigenvalue weighted by Gasteiger charge is -2.35. The van der Waals surface area contributed by atoms with Crippen LogP contribution in [-0.2, 0) is 4.74 Å². The van der Waals surface area contributed by atoms with Crippen LogP contribution in [0.1, 0.15) is 59.8 Å². The largest absolute Gasteiger partial charge is 0.375 e. The maximum absolute atomic E-state index is 5.92. The van der Waals surface area contributed by atoms with Crippen molar-refractivity contribution in [2.24, 2.45) is 11.3 Å². The molecule has 0 unspecified atom stereocenters. The molecule has 0 aromatic rings. The first-order chi connectivity index (χ1) is 8.49. The molecule has 1 saturated heterocycles. The summed E-state index contributed by atoms with van der Waals surface area (Å²) in [5.41, 5.74) is 0.694. The monoisotopic (exact) mass is 253 g/mol. The summed E-state index contributed by atoms with van der Waals surface area (Å²) < 4.78 is 5.92. The number of hydrogen-bond acceptors (Lipinski definition) is 2. The molecule has 0 aromatic carbocycles. The summed E-state index contributed by atoms with van der Waals surface area (Å²) in [5.74, 6) is 0.856. The zero-order valence-corrected chi connectivity index (χ0v) is 12.7. The molecule has 1 saturated carbocycles. The Hall–Kier alpha value is -0.0800. The van der Waals surface area contributed by atoms with E-state index in [4.69, 9.17) is 4.74 Å². The number of hydrogen-bond donors (Lipinski definition) is 0. The highest BCUT2D eigenvalue weighted by atomic mass is 16.5. The second-order valence-electron chi connectivity index (χ2n) is 7.26. The van der Waals surface area contributed by atoms with Gasteiger partial charge < -0.3 is 9.64 Å². The van der Waals surface area contributed by atoms with Crippen molar-refractivity contribution in [3.05, 3.63) is 0 Å². The van der Waals surface area contributed by atoms with Gasteiger partial charge >= 0.3 is 0 Å². The summed E-state index contributed by atoms with van der Waals surface area (Å²) >= 11 is 0. The van der Waals surface area contributed by atoms with Crippen molar-refractivity contribution in [3.63, 3.8) is 0 Å². The minimum atomic E-state index is 0.386. The topological polar surface area (TPSA) is 12.5 Å². The molecule has 1 aliphatic heterocycles. The highest BCUT2D eigenvalue weighted by molar-refractivity contribution is 4.96. The van der Waals surface area contributed by atoms with Crippen molar-refractivity contribution < 1.29 is 4.74 Å². The van der Waals surface area contributed by atoms with Crippen LogP contribution in [-0.4, -0.2) is 36.7 Å². The summed E-state index contributed by atoms with van der Waals surface area (Å²) in [6, 6.07) is 0. The predicted octanol–water partition coefficient (Wildman–Crippen LogP) is 3.70. The minimum Gasteiger partial charge on any atom is -0.375 e. The smallest absolute Gasteiger partial charge is 0.0603 e. The van der Waals surface area contributed by atoms with Gasteiger partial charge in [-0.25, -0.2) is 0 Å². The van der Waals surface area contributed by atoms with E-state index in [2.05, 4.69) is 32.6 Å². The van der Waals surface area contributed by atoms with E-state index in [0.29, 0.717) is 17.6 Å². The van der Waals surface area contributed by atoms with Crippen molar-refractivity contribution in [3.8, 4) is 0 Å². The molecule has 1 heterocycles. The Morgan fingerprint density at radius 2 is 1.72 bits per heavy atom. The Labute approximate surface area is 113 Å². The molecule has 2 fully saturated rings. The summed E-state index contributed by atoms with van der Waals surface area (Å²) in [6.07, 6.45) is 7.72. The standard InChI is InChI=1S/C16H31NO/c1-13(2)11-16(7-8-16)12-17-9-5-15(6-10-17)18-14(3)4/h13-15H,5-12H2,1-4H3. The molecule has 1 aliphatic carbocycles. The van der Waals surface area contributed by atoms with Crippen molar-refractivity contribution in [1.82, 2.24) is 4.90 Å². The molecule has 18 heavy (non-hydrogen) atoms. The fourth-order valence-electron chi connectivity index (χ4n) is 3.53. The van der Waals surface area contributed by atoms with Gasteiger partial charge in [0, 0.05) is 19.6 Å². The first kappa shape index (κ1) is 14.3. The van der Waals surface area contributed by atoms with Gasteiger partial charge in [-0.05, 0) is 57.3 Å². The number of likely N-dealkylation sites (tertiary alicyclic amines) is 1. The lowest BCUT2D eigenvalue weighted by atomic mass is 9.93. The Kier molecular flexibility index (Phi) is 4.71. The highest BCUT2D eigenvalue weighted by Crippen LogP contribution is 2.51. The molecule has 0 atom stereocenters. The molecule has 106 valence electrons. The van der Waals surface area contributed by atoms with Crippen LogP contribution >= 0.6 is 0 Å². The third-order valence-corrected chi connectivity index (χ3v) is 4.36. The van der Waals surface area contributed by atoms with E-state index in [1.165, 1.54) is 51.7 Å². The molecule has 0 N–H and O–H groups in total. The number of piperidine rings is 1. The van der Waals surface area contributed by atoms with E-state index in [1.807, 2.05) is 0 Å². The van der Waals surface area contributed by atoms with E-state index in [1.54, 1.807) is 0 Å². The van der Waals surface area contributed by atoms with Gasteiger partial charge in [0.25, 0.3) is 0 Å². The maximum Gasteiger partial charge on any atom is 0.0603 e. The summed E-state index contributed by atoms with van der Waals surface area (Å²) in [4.78, 5) is 2.69. The lowest BCUT2D eigenvalue weighted by Crippen LogP contribution is -2.41. The number of ether oxygens (including phenoxy) is 1. The van der Waals surface area contributed by atoms with E-state index >= 15 is 0 Å². The van der Waals surface area contributed by atoms with E-state index in [0.717, 1.165) is 5.92 Å². The van der Waals surface area contributed by atoms with E-state index in [9.17, 15) is 0 Å². The third-order valence-electron chi connectivity index (χ3n) is 4.36. The Morgan fingerprint density at radius 1 is 1.11 bits per heavy atom.